The van der Waals surface area contributed by atoms with Gasteiger partial charge in [-0.2, -0.15) is 0 Å². The molecule has 0 heterocycles. The first-order valence-corrected chi connectivity index (χ1v) is 9.00. The molecule has 0 radical (unpaired) electrons. The predicted octanol–water partition coefficient (Wildman–Crippen LogP) is 3.95. The number of rotatable bonds is 5. The van der Waals surface area contributed by atoms with E-state index < -0.39 is 0 Å². The maximum Gasteiger partial charge on any atom is 0.257 e. The minimum atomic E-state index is -0.326. The number of hydrogen-bond acceptors (Lipinski definition) is 3. The van der Waals surface area contributed by atoms with Crippen LogP contribution in [0.1, 0.15) is 34.6 Å². The van der Waals surface area contributed by atoms with E-state index in [2.05, 4.69) is 10.6 Å². The van der Waals surface area contributed by atoms with Gasteiger partial charge in [-0.1, -0.05) is 11.6 Å². The van der Waals surface area contributed by atoms with Crippen LogP contribution in [0.4, 0.5) is 5.69 Å². The van der Waals surface area contributed by atoms with E-state index in [9.17, 15) is 9.59 Å². The van der Waals surface area contributed by atoms with Gasteiger partial charge >= 0.3 is 0 Å². The number of benzene rings is 2. The van der Waals surface area contributed by atoms with E-state index >= 15 is 0 Å². The van der Waals surface area contributed by atoms with Gasteiger partial charge in [0.1, 0.15) is 0 Å². The molecule has 2 aromatic rings. The molecule has 0 unspecified atom stereocenters. The van der Waals surface area contributed by atoms with Crippen molar-refractivity contribution >= 4 is 46.4 Å². The number of amides is 2. The molecule has 0 saturated heterocycles. The molecule has 0 aliphatic carbocycles. The van der Waals surface area contributed by atoms with Crippen LogP contribution < -0.4 is 10.6 Å². The summed E-state index contributed by atoms with van der Waals surface area (Å²) in [7, 11) is 0. The Morgan fingerprint density at radius 1 is 0.962 bits per heavy atom. The van der Waals surface area contributed by atoms with Gasteiger partial charge in [-0.15, -0.1) is 0 Å². The van der Waals surface area contributed by atoms with Crippen LogP contribution in [0.3, 0.4) is 0 Å². The molecule has 0 spiro atoms. The summed E-state index contributed by atoms with van der Waals surface area (Å²) in [5.74, 6) is -0.340. The molecule has 136 valence electrons. The van der Waals surface area contributed by atoms with Crippen LogP contribution in [0.25, 0.3) is 0 Å². The van der Waals surface area contributed by atoms with Gasteiger partial charge in [-0.05, 0) is 74.6 Å². The van der Waals surface area contributed by atoms with Crippen LogP contribution in [-0.4, -0.2) is 34.9 Å². The molecule has 0 aliphatic heterocycles. The van der Waals surface area contributed by atoms with Crippen molar-refractivity contribution in [2.75, 3.05) is 18.4 Å². The molecule has 0 atom stereocenters. The fourth-order valence-corrected chi connectivity index (χ4v) is 2.66. The number of hydrogen-bond donors (Lipinski definition) is 2. The molecule has 0 saturated carbocycles. The largest absolute Gasteiger partial charge is 0.339 e. The molecule has 2 rings (SSSR count). The summed E-state index contributed by atoms with van der Waals surface area (Å²) in [5.41, 5.74) is 1.75. The molecule has 2 aromatic carbocycles. The molecule has 2 amide bonds. The quantitative estimate of drug-likeness (QED) is 0.760. The van der Waals surface area contributed by atoms with Gasteiger partial charge in [0.05, 0.1) is 0 Å². The molecule has 2 N–H and O–H groups in total. The topological polar surface area (TPSA) is 61.4 Å². The zero-order valence-corrected chi connectivity index (χ0v) is 16.2. The lowest BCUT2D eigenvalue weighted by molar-refractivity contribution is 0.0772. The van der Waals surface area contributed by atoms with E-state index in [0.717, 1.165) is 0 Å². The zero-order valence-electron chi connectivity index (χ0n) is 14.6. The second-order valence-corrected chi connectivity index (χ2v) is 6.31. The lowest BCUT2D eigenvalue weighted by Gasteiger charge is -2.18. The highest BCUT2D eigenvalue weighted by molar-refractivity contribution is 7.80. The smallest absolute Gasteiger partial charge is 0.257 e. The third kappa shape index (κ3) is 5.28. The first-order valence-electron chi connectivity index (χ1n) is 8.21. The summed E-state index contributed by atoms with van der Waals surface area (Å²) in [6.45, 7) is 5.21. The van der Waals surface area contributed by atoms with Gasteiger partial charge in [0.15, 0.2) is 5.11 Å². The molecular formula is C19H20ClN3O2S. The minimum absolute atomic E-state index is 0.0137. The number of thiocarbonyl (C=S) groups is 1. The number of anilines is 1. The molecule has 0 aliphatic rings. The maximum atomic E-state index is 12.3. The van der Waals surface area contributed by atoms with Crippen molar-refractivity contribution in [2.24, 2.45) is 0 Å². The van der Waals surface area contributed by atoms with Gasteiger partial charge in [0.25, 0.3) is 11.8 Å². The standard InChI is InChI=1S/C19H20ClN3O2S/c1-3-23(4-2)18(25)14-7-11-16(12-8-14)21-19(26)22-17(24)13-5-9-15(20)10-6-13/h5-12H,3-4H2,1-2H3,(H2,21,22,24,26). The Balaban J connectivity index is 1.95. The first kappa shape index (κ1) is 19.9. The Hall–Kier alpha value is -2.44. The van der Waals surface area contributed by atoms with Crippen molar-refractivity contribution in [3.63, 3.8) is 0 Å². The monoisotopic (exact) mass is 389 g/mol. The van der Waals surface area contributed by atoms with Crippen molar-refractivity contribution in [3.8, 4) is 0 Å². The number of nitrogens with one attached hydrogen (secondary N) is 2. The molecule has 0 aromatic heterocycles. The third-order valence-corrected chi connectivity index (χ3v) is 4.23. The van der Waals surface area contributed by atoms with Crippen LogP contribution in [0.5, 0.6) is 0 Å². The first-order chi connectivity index (χ1) is 12.4. The number of nitrogens with zero attached hydrogens (tertiary/aromatic N) is 1. The normalized spacial score (nSPS) is 10.1. The van der Waals surface area contributed by atoms with Gasteiger partial charge in [0.2, 0.25) is 0 Å². The van der Waals surface area contributed by atoms with E-state index in [1.807, 2.05) is 13.8 Å². The average Bonchev–Trinajstić information content (AvgIpc) is 2.63. The summed E-state index contributed by atoms with van der Waals surface area (Å²) in [6.07, 6.45) is 0. The maximum absolute atomic E-state index is 12.3. The minimum Gasteiger partial charge on any atom is -0.339 e. The summed E-state index contributed by atoms with van der Waals surface area (Å²) >= 11 is 11.0. The molecular weight excluding hydrogens is 370 g/mol. The van der Waals surface area contributed by atoms with Gasteiger partial charge < -0.3 is 10.2 Å². The Kier molecular flexibility index (Phi) is 7.12. The Bertz CT molecular complexity index is 787. The van der Waals surface area contributed by atoms with Crippen molar-refractivity contribution < 1.29 is 9.59 Å². The van der Waals surface area contributed by atoms with Gasteiger partial charge in [0, 0.05) is 34.9 Å². The van der Waals surface area contributed by atoms with E-state index in [0.29, 0.717) is 34.9 Å². The Labute approximate surface area is 163 Å². The van der Waals surface area contributed by atoms with Crippen molar-refractivity contribution in [3.05, 3.63) is 64.7 Å². The molecule has 0 fully saturated rings. The summed E-state index contributed by atoms with van der Waals surface area (Å²) < 4.78 is 0. The number of halogens is 1. The van der Waals surface area contributed by atoms with Crippen molar-refractivity contribution in [2.45, 2.75) is 13.8 Å². The molecule has 7 heteroatoms. The van der Waals surface area contributed by atoms with Crippen molar-refractivity contribution in [1.82, 2.24) is 10.2 Å². The second-order valence-electron chi connectivity index (χ2n) is 5.47. The van der Waals surface area contributed by atoms with Crippen LogP contribution in [0.15, 0.2) is 48.5 Å². The second kappa shape index (κ2) is 9.31. The van der Waals surface area contributed by atoms with E-state index in [-0.39, 0.29) is 16.9 Å². The molecule has 5 nitrogen and oxygen atoms in total. The van der Waals surface area contributed by atoms with Crippen LogP contribution in [0.2, 0.25) is 5.02 Å². The van der Waals surface area contributed by atoms with E-state index in [1.54, 1.807) is 53.4 Å². The fraction of sp³-hybridized carbons (Fsp3) is 0.211. The van der Waals surface area contributed by atoms with Crippen LogP contribution in [0, 0.1) is 0 Å². The third-order valence-electron chi connectivity index (χ3n) is 3.77. The lowest BCUT2D eigenvalue weighted by Crippen LogP contribution is -2.34. The Morgan fingerprint density at radius 2 is 1.50 bits per heavy atom. The van der Waals surface area contributed by atoms with E-state index in [4.69, 9.17) is 23.8 Å². The van der Waals surface area contributed by atoms with Crippen molar-refractivity contribution in [1.29, 1.82) is 0 Å². The highest BCUT2D eigenvalue weighted by atomic mass is 35.5. The molecule has 0 bridgehead atoms. The number of carbonyl (C=O) groups excluding carboxylic acids is 2. The predicted molar refractivity (Wildman–Crippen MR) is 109 cm³/mol. The highest BCUT2D eigenvalue weighted by Crippen LogP contribution is 2.12. The zero-order chi connectivity index (χ0) is 19.1. The Morgan fingerprint density at radius 3 is 2.04 bits per heavy atom. The summed E-state index contributed by atoms with van der Waals surface area (Å²) in [6, 6.07) is 13.5. The fourth-order valence-electron chi connectivity index (χ4n) is 2.33. The van der Waals surface area contributed by atoms with E-state index in [1.165, 1.54) is 0 Å². The summed E-state index contributed by atoms with van der Waals surface area (Å²) in [5, 5.41) is 6.26. The SMILES string of the molecule is CCN(CC)C(=O)c1ccc(NC(=S)NC(=O)c2ccc(Cl)cc2)cc1. The highest BCUT2D eigenvalue weighted by Gasteiger charge is 2.12. The van der Waals surface area contributed by atoms with Crippen LogP contribution >= 0.6 is 23.8 Å². The molecule has 26 heavy (non-hydrogen) atoms. The van der Waals surface area contributed by atoms with Crippen LogP contribution in [-0.2, 0) is 0 Å². The summed E-state index contributed by atoms with van der Waals surface area (Å²) in [4.78, 5) is 26.1. The average molecular weight is 390 g/mol. The van der Waals surface area contributed by atoms with Gasteiger partial charge in [-0.25, -0.2) is 0 Å². The number of carbonyl (C=O) groups is 2. The van der Waals surface area contributed by atoms with Gasteiger partial charge in [-0.3, -0.25) is 14.9 Å². The lowest BCUT2D eigenvalue weighted by atomic mass is 10.2.